The lowest BCUT2D eigenvalue weighted by atomic mass is 10.1. The van der Waals surface area contributed by atoms with E-state index in [-0.39, 0.29) is 16.2 Å². The number of hydrogen-bond donors (Lipinski definition) is 2. The number of halogens is 1. The van der Waals surface area contributed by atoms with Crippen molar-refractivity contribution in [2.45, 2.75) is 18.2 Å². The van der Waals surface area contributed by atoms with Crippen molar-refractivity contribution in [3.05, 3.63) is 59.8 Å². The van der Waals surface area contributed by atoms with Crippen LogP contribution in [0.25, 0.3) is 16.9 Å². The number of rotatable bonds is 6. The molecule has 3 rings (SSSR count). The van der Waals surface area contributed by atoms with E-state index in [4.69, 9.17) is 9.88 Å². The van der Waals surface area contributed by atoms with Crippen molar-refractivity contribution in [2.75, 3.05) is 7.11 Å². The average Bonchev–Trinajstić information content (AvgIpc) is 3.11. The van der Waals surface area contributed by atoms with Gasteiger partial charge in [0.25, 0.3) is 0 Å². The minimum absolute atomic E-state index is 0.132. The molecule has 27 heavy (non-hydrogen) atoms. The highest BCUT2D eigenvalue weighted by Gasteiger charge is 2.17. The molecule has 0 aliphatic heterocycles. The number of sulfonamides is 1. The molecule has 0 atom stereocenters. The van der Waals surface area contributed by atoms with Crippen LogP contribution in [-0.2, 0) is 23.3 Å². The van der Waals surface area contributed by atoms with Crippen molar-refractivity contribution in [3.63, 3.8) is 0 Å². The van der Waals surface area contributed by atoms with Gasteiger partial charge in [-0.15, -0.1) is 0 Å². The van der Waals surface area contributed by atoms with Crippen LogP contribution in [0.15, 0.2) is 53.4 Å². The van der Waals surface area contributed by atoms with Gasteiger partial charge in [0.15, 0.2) is 0 Å². The summed E-state index contributed by atoms with van der Waals surface area (Å²) in [5, 5.41) is 18.9. The molecular formula is C18H18FN3O4S. The normalized spacial score (nSPS) is 11.6. The summed E-state index contributed by atoms with van der Waals surface area (Å²) in [6, 6.07) is 13.0. The quantitative estimate of drug-likeness (QED) is 0.670. The van der Waals surface area contributed by atoms with E-state index in [0.717, 1.165) is 5.56 Å². The van der Waals surface area contributed by atoms with E-state index >= 15 is 0 Å². The molecule has 0 amide bonds. The van der Waals surface area contributed by atoms with Gasteiger partial charge in [-0.05, 0) is 54.1 Å². The van der Waals surface area contributed by atoms with Gasteiger partial charge in [-0.1, -0.05) is 0 Å². The summed E-state index contributed by atoms with van der Waals surface area (Å²) in [7, 11) is -2.42. The van der Waals surface area contributed by atoms with Gasteiger partial charge < -0.3 is 9.84 Å². The molecule has 1 heterocycles. The first-order valence-corrected chi connectivity index (χ1v) is 9.48. The van der Waals surface area contributed by atoms with Crippen molar-refractivity contribution in [2.24, 2.45) is 5.14 Å². The maximum Gasteiger partial charge on any atom is 0.238 e. The fourth-order valence-electron chi connectivity index (χ4n) is 2.76. The van der Waals surface area contributed by atoms with Gasteiger partial charge in [0.2, 0.25) is 10.0 Å². The average molecular weight is 391 g/mol. The molecule has 0 radical (unpaired) electrons. The number of benzene rings is 2. The summed E-state index contributed by atoms with van der Waals surface area (Å²) in [6.45, 7) is -1.27. The third-order valence-corrected chi connectivity index (χ3v) is 5.06. The molecule has 0 spiro atoms. The second-order valence-electron chi connectivity index (χ2n) is 5.79. The summed E-state index contributed by atoms with van der Waals surface area (Å²) in [6.07, 6.45) is 0. The molecule has 142 valence electrons. The number of aromatic nitrogens is 2. The highest BCUT2D eigenvalue weighted by Crippen LogP contribution is 2.28. The number of hydrogen-bond acceptors (Lipinski definition) is 5. The molecule has 7 nitrogen and oxygen atoms in total. The van der Waals surface area contributed by atoms with E-state index in [1.807, 2.05) is 0 Å². The molecule has 0 fully saturated rings. The largest absolute Gasteiger partial charge is 0.497 e. The van der Waals surface area contributed by atoms with Gasteiger partial charge in [-0.25, -0.2) is 22.6 Å². The fourth-order valence-corrected chi connectivity index (χ4v) is 3.51. The Balaban J connectivity index is 2.15. The molecule has 3 aromatic rings. The van der Waals surface area contributed by atoms with Gasteiger partial charge in [-0.3, -0.25) is 0 Å². The second kappa shape index (κ2) is 7.47. The third kappa shape index (κ3) is 3.85. The zero-order chi connectivity index (χ0) is 19.6. The monoisotopic (exact) mass is 391 g/mol. The van der Waals surface area contributed by atoms with Crippen LogP contribution >= 0.6 is 0 Å². The number of nitrogens with zero attached hydrogens (tertiary/aromatic N) is 2. The molecule has 0 aliphatic carbocycles. The first-order valence-electron chi connectivity index (χ1n) is 7.93. The highest BCUT2D eigenvalue weighted by atomic mass is 32.2. The highest BCUT2D eigenvalue weighted by molar-refractivity contribution is 7.89. The standard InChI is InChI=1S/C18H18FN3O4S/c1-26-16-5-2-12(3-6-16)17-9-14(10-19)21-22(17)15-4-7-18(27(20,24)25)13(8-15)11-23/h2-9,23H,10-11H2,1H3,(H2,20,24,25). The van der Waals surface area contributed by atoms with E-state index in [1.165, 1.54) is 22.9 Å². The molecular weight excluding hydrogens is 373 g/mol. The molecule has 0 unspecified atom stereocenters. The van der Waals surface area contributed by atoms with Crippen LogP contribution in [0.1, 0.15) is 11.3 Å². The first-order chi connectivity index (χ1) is 12.9. The van der Waals surface area contributed by atoms with E-state index in [1.54, 1.807) is 37.4 Å². The van der Waals surface area contributed by atoms with Crippen LogP contribution in [0.4, 0.5) is 4.39 Å². The topological polar surface area (TPSA) is 107 Å². The van der Waals surface area contributed by atoms with E-state index in [9.17, 15) is 17.9 Å². The van der Waals surface area contributed by atoms with Gasteiger partial charge in [0, 0.05) is 5.56 Å². The van der Waals surface area contributed by atoms with E-state index < -0.39 is 23.3 Å². The molecule has 0 saturated heterocycles. The lowest BCUT2D eigenvalue weighted by Gasteiger charge is -2.12. The number of aliphatic hydroxyl groups is 1. The third-order valence-electron chi connectivity index (χ3n) is 4.05. The fraction of sp³-hybridized carbons (Fsp3) is 0.167. The van der Waals surface area contributed by atoms with E-state index in [2.05, 4.69) is 5.10 Å². The van der Waals surface area contributed by atoms with Crippen LogP contribution in [0.5, 0.6) is 5.75 Å². The second-order valence-corrected chi connectivity index (χ2v) is 7.32. The van der Waals surface area contributed by atoms with Gasteiger partial charge >= 0.3 is 0 Å². The predicted octanol–water partition coefficient (Wildman–Crippen LogP) is 2.16. The van der Waals surface area contributed by atoms with Crippen LogP contribution < -0.4 is 9.88 Å². The maximum atomic E-state index is 13.2. The van der Waals surface area contributed by atoms with Crippen LogP contribution in [0.2, 0.25) is 0 Å². The summed E-state index contributed by atoms with van der Waals surface area (Å²) in [5.41, 5.74) is 2.20. The number of alkyl halides is 1. The summed E-state index contributed by atoms with van der Waals surface area (Å²) in [4.78, 5) is -0.169. The predicted molar refractivity (Wildman–Crippen MR) is 97.7 cm³/mol. The molecule has 3 N–H and O–H groups in total. The van der Waals surface area contributed by atoms with E-state index in [0.29, 0.717) is 17.1 Å². The number of aliphatic hydroxyl groups excluding tert-OH is 1. The van der Waals surface area contributed by atoms with Crippen molar-refractivity contribution in [1.82, 2.24) is 9.78 Å². The van der Waals surface area contributed by atoms with Crippen LogP contribution in [0.3, 0.4) is 0 Å². The molecule has 0 saturated carbocycles. The minimum Gasteiger partial charge on any atom is -0.497 e. The Morgan fingerprint density at radius 2 is 1.89 bits per heavy atom. The Morgan fingerprint density at radius 1 is 1.19 bits per heavy atom. The van der Waals surface area contributed by atoms with Crippen molar-refractivity contribution >= 4 is 10.0 Å². The Kier molecular flexibility index (Phi) is 5.26. The van der Waals surface area contributed by atoms with Crippen molar-refractivity contribution in [1.29, 1.82) is 0 Å². The number of ether oxygens (including phenoxy) is 1. The number of nitrogens with two attached hydrogens (primary N) is 1. The Hall–Kier alpha value is -2.75. The Labute approximate surface area is 155 Å². The van der Waals surface area contributed by atoms with Crippen LogP contribution in [0, 0.1) is 0 Å². The summed E-state index contributed by atoms with van der Waals surface area (Å²) >= 11 is 0. The van der Waals surface area contributed by atoms with Crippen molar-refractivity contribution < 1.29 is 22.7 Å². The summed E-state index contributed by atoms with van der Waals surface area (Å²) < 4.78 is 43.1. The molecule has 0 aliphatic rings. The minimum atomic E-state index is -3.98. The summed E-state index contributed by atoms with van der Waals surface area (Å²) in [5.74, 6) is 0.676. The molecule has 9 heteroatoms. The van der Waals surface area contributed by atoms with Crippen molar-refractivity contribution in [3.8, 4) is 22.7 Å². The van der Waals surface area contributed by atoms with Gasteiger partial charge in [0.05, 0.1) is 35.7 Å². The smallest absolute Gasteiger partial charge is 0.238 e. The zero-order valence-electron chi connectivity index (χ0n) is 14.5. The Morgan fingerprint density at radius 3 is 2.44 bits per heavy atom. The lowest BCUT2D eigenvalue weighted by Crippen LogP contribution is -2.15. The number of primary sulfonamides is 1. The maximum absolute atomic E-state index is 13.2. The van der Waals surface area contributed by atoms with Crippen LogP contribution in [-0.4, -0.2) is 30.4 Å². The SMILES string of the molecule is COc1ccc(-c2cc(CF)nn2-c2ccc(S(N)(=O)=O)c(CO)c2)cc1. The lowest BCUT2D eigenvalue weighted by molar-refractivity contribution is 0.278. The first kappa shape index (κ1) is 19.0. The number of methoxy groups -OCH3 is 1. The molecule has 1 aromatic heterocycles. The van der Waals surface area contributed by atoms with Gasteiger partial charge in [0.1, 0.15) is 12.4 Å². The zero-order valence-corrected chi connectivity index (χ0v) is 15.3. The van der Waals surface area contributed by atoms with Gasteiger partial charge in [-0.2, -0.15) is 5.10 Å². The Bertz CT molecular complexity index is 1060. The molecule has 0 bridgehead atoms. The molecule has 2 aromatic carbocycles.